The number of halogens is 1. The first-order valence-corrected chi connectivity index (χ1v) is 10.8. The van der Waals surface area contributed by atoms with Crippen LogP contribution in [-0.4, -0.2) is 60.1 Å². The van der Waals surface area contributed by atoms with Crippen LogP contribution < -0.4 is 10.2 Å². The van der Waals surface area contributed by atoms with Crippen molar-refractivity contribution >= 4 is 29.2 Å². The van der Waals surface area contributed by atoms with E-state index in [0.29, 0.717) is 6.67 Å². The molecule has 28 heavy (non-hydrogen) atoms. The van der Waals surface area contributed by atoms with E-state index in [4.69, 9.17) is 11.6 Å². The molecule has 1 aromatic carbocycles. The summed E-state index contributed by atoms with van der Waals surface area (Å²) in [5.41, 5.74) is 0.393. The molecule has 6 nitrogen and oxygen atoms in total. The number of anilines is 1. The molecule has 152 valence electrons. The lowest BCUT2D eigenvalue weighted by atomic mass is 9.84. The van der Waals surface area contributed by atoms with E-state index >= 15 is 0 Å². The summed E-state index contributed by atoms with van der Waals surface area (Å²) < 4.78 is 0. The molecular weight excluding hydrogens is 376 g/mol. The van der Waals surface area contributed by atoms with Crippen molar-refractivity contribution in [2.24, 2.45) is 0 Å². The number of imide groups is 1. The Kier molecular flexibility index (Phi) is 5.78. The lowest BCUT2D eigenvalue weighted by Crippen LogP contribution is -2.52. The Labute approximate surface area is 171 Å². The number of amides is 3. The Morgan fingerprint density at radius 1 is 0.929 bits per heavy atom. The standard InChI is InChI=1S/C21H29ClN4O2/c22-17-8-4-5-9-18(17)25-14-12-24(13-15-25)16-26-19(27)21(23-20(26)28)10-6-2-1-3-7-11-21/h4-5,8-9H,1-3,6-7,10-16H2,(H,23,28). The Balaban J connectivity index is 1.36. The molecule has 2 heterocycles. The zero-order valence-corrected chi connectivity index (χ0v) is 17.1. The predicted octanol–water partition coefficient (Wildman–Crippen LogP) is 3.45. The average molecular weight is 405 g/mol. The molecular formula is C21H29ClN4O2. The summed E-state index contributed by atoms with van der Waals surface area (Å²) in [6.45, 7) is 3.64. The number of nitrogens with one attached hydrogen (secondary N) is 1. The molecule has 3 fully saturated rings. The van der Waals surface area contributed by atoms with Crippen LogP contribution in [0.15, 0.2) is 24.3 Å². The molecule has 2 saturated heterocycles. The highest BCUT2D eigenvalue weighted by Gasteiger charge is 2.50. The Morgan fingerprint density at radius 3 is 2.25 bits per heavy atom. The number of urea groups is 1. The number of hydrogen-bond acceptors (Lipinski definition) is 4. The van der Waals surface area contributed by atoms with E-state index in [1.54, 1.807) is 0 Å². The second-order valence-corrected chi connectivity index (χ2v) is 8.62. The fourth-order valence-electron chi connectivity index (χ4n) is 4.69. The number of carbonyl (C=O) groups is 2. The number of nitrogens with zero attached hydrogens (tertiary/aromatic N) is 3. The van der Waals surface area contributed by atoms with Crippen LogP contribution in [0.4, 0.5) is 10.5 Å². The van der Waals surface area contributed by atoms with E-state index < -0.39 is 5.54 Å². The Bertz CT molecular complexity index is 725. The summed E-state index contributed by atoms with van der Waals surface area (Å²) in [6.07, 6.45) is 7.09. The first kappa shape index (κ1) is 19.5. The number of benzene rings is 1. The maximum absolute atomic E-state index is 13.2. The smallest absolute Gasteiger partial charge is 0.326 e. The predicted molar refractivity (Wildman–Crippen MR) is 111 cm³/mol. The summed E-state index contributed by atoms with van der Waals surface area (Å²) in [6, 6.07) is 7.65. The van der Waals surface area contributed by atoms with E-state index in [9.17, 15) is 9.59 Å². The maximum atomic E-state index is 13.2. The van der Waals surface area contributed by atoms with Gasteiger partial charge in [-0.05, 0) is 25.0 Å². The van der Waals surface area contributed by atoms with Gasteiger partial charge in [-0.25, -0.2) is 9.69 Å². The summed E-state index contributed by atoms with van der Waals surface area (Å²) in [5.74, 6) is -0.0204. The summed E-state index contributed by atoms with van der Waals surface area (Å²) in [4.78, 5) is 31.6. The number of rotatable bonds is 3. The monoisotopic (exact) mass is 404 g/mol. The number of para-hydroxylation sites is 1. The first-order chi connectivity index (χ1) is 13.6. The van der Waals surface area contributed by atoms with Crippen molar-refractivity contribution in [3.05, 3.63) is 29.3 Å². The zero-order chi connectivity index (χ0) is 19.6. The van der Waals surface area contributed by atoms with Gasteiger partial charge in [-0.3, -0.25) is 9.69 Å². The summed E-state index contributed by atoms with van der Waals surface area (Å²) in [5, 5.41) is 3.81. The van der Waals surface area contributed by atoms with Gasteiger partial charge in [0.25, 0.3) is 5.91 Å². The van der Waals surface area contributed by atoms with Crippen LogP contribution >= 0.6 is 11.6 Å². The second-order valence-electron chi connectivity index (χ2n) is 8.21. The summed E-state index contributed by atoms with van der Waals surface area (Å²) in [7, 11) is 0. The van der Waals surface area contributed by atoms with E-state index in [0.717, 1.165) is 75.4 Å². The lowest BCUT2D eigenvalue weighted by Gasteiger charge is -2.37. The second kappa shape index (κ2) is 8.29. The van der Waals surface area contributed by atoms with Crippen molar-refractivity contribution in [3.63, 3.8) is 0 Å². The summed E-state index contributed by atoms with van der Waals surface area (Å²) >= 11 is 6.32. The molecule has 2 aliphatic heterocycles. The minimum absolute atomic E-state index is 0.0204. The molecule has 0 unspecified atom stereocenters. The Morgan fingerprint density at radius 2 is 1.57 bits per heavy atom. The van der Waals surface area contributed by atoms with Crippen molar-refractivity contribution < 1.29 is 9.59 Å². The van der Waals surface area contributed by atoms with Crippen LogP contribution in [0.1, 0.15) is 44.9 Å². The van der Waals surface area contributed by atoms with Crippen LogP contribution in [0.25, 0.3) is 0 Å². The fourth-order valence-corrected chi connectivity index (χ4v) is 4.95. The van der Waals surface area contributed by atoms with E-state index in [1.807, 2.05) is 24.3 Å². The number of hydrogen-bond donors (Lipinski definition) is 1. The molecule has 3 amide bonds. The highest BCUT2D eigenvalue weighted by atomic mass is 35.5. The van der Waals surface area contributed by atoms with E-state index in [1.165, 1.54) is 11.3 Å². The molecule has 1 N–H and O–H groups in total. The minimum Gasteiger partial charge on any atom is -0.368 e. The van der Waals surface area contributed by atoms with Gasteiger partial charge in [0.1, 0.15) is 5.54 Å². The van der Waals surface area contributed by atoms with Gasteiger partial charge in [0.15, 0.2) is 0 Å². The van der Waals surface area contributed by atoms with Crippen LogP contribution in [0.3, 0.4) is 0 Å². The molecule has 1 spiro atoms. The van der Waals surface area contributed by atoms with Gasteiger partial charge in [0.05, 0.1) is 17.4 Å². The SMILES string of the molecule is O=C1NC2(CCCCCCC2)C(=O)N1CN1CCN(c2ccccc2Cl)CC1. The van der Waals surface area contributed by atoms with Crippen molar-refractivity contribution in [2.75, 3.05) is 37.7 Å². The molecule has 0 radical (unpaired) electrons. The molecule has 0 atom stereocenters. The van der Waals surface area contributed by atoms with Crippen LogP contribution in [0.2, 0.25) is 5.02 Å². The molecule has 4 rings (SSSR count). The van der Waals surface area contributed by atoms with E-state index in [2.05, 4.69) is 15.1 Å². The molecule has 0 aromatic heterocycles. The van der Waals surface area contributed by atoms with Crippen molar-refractivity contribution in [1.82, 2.24) is 15.1 Å². The fraction of sp³-hybridized carbons (Fsp3) is 0.619. The van der Waals surface area contributed by atoms with Gasteiger partial charge in [-0.1, -0.05) is 55.8 Å². The van der Waals surface area contributed by atoms with Gasteiger partial charge in [0, 0.05) is 26.2 Å². The minimum atomic E-state index is -0.656. The largest absolute Gasteiger partial charge is 0.368 e. The molecule has 1 aromatic rings. The van der Waals surface area contributed by atoms with Crippen molar-refractivity contribution in [2.45, 2.75) is 50.5 Å². The molecule has 1 saturated carbocycles. The third-order valence-corrected chi connectivity index (χ3v) is 6.68. The number of carbonyl (C=O) groups excluding carboxylic acids is 2. The van der Waals surface area contributed by atoms with Crippen LogP contribution in [0, 0.1) is 0 Å². The van der Waals surface area contributed by atoms with Gasteiger partial charge in [-0.2, -0.15) is 0 Å². The van der Waals surface area contributed by atoms with Crippen molar-refractivity contribution in [1.29, 1.82) is 0 Å². The van der Waals surface area contributed by atoms with Gasteiger partial charge in [0.2, 0.25) is 0 Å². The maximum Gasteiger partial charge on any atom is 0.326 e. The van der Waals surface area contributed by atoms with Crippen LogP contribution in [0.5, 0.6) is 0 Å². The average Bonchev–Trinajstić information content (AvgIpc) is 2.91. The first-order valence-electron chi connectivity index (χ1n) is 10.4. The van der Waals surface area contributed by atoms with Gasteiger partial charge < -0.3 is 10.2 Å². The normalized spacial score (nSPS) is 23.6. The van der Waals surface area contributed by atoms with Crippen molar-refractivity contribution in [3.8, 4) is 0 Å². The van der Waals surface area contributed by atoms with Gasteiger partial charge in [-0.15, -0.1) is 0 Å². The molecule has 7 heteroatoms. The Hall–Kier alpha value is -1.79. The topological polar surface area (TPSA) is 55.9 Å². The quantitative estimate of drug-likeness (QED) is 0.784. The number of piperazine rings is 1. The molecule has 0 bridgehead atoms. The highest BCUT2D eigenvalue weighted by molar-refractivity contribution is 6.33. The lowest BCUT2D eigenvalue weighted by molar-refractivity contribution is -0.133. The molecule has 3 aliphatic rings. The zero-order valence-electron chi connectivity index (χ0n) is 16.3. The molecule has 1 aliphatic carbocycles. The van der Waals surface area contributed by atoms with Gasteiger partial charge >= 0.3 is 6.03 Å². The third-order valence-electron chi connectivity index (χ3n) is 6.36. The van der Waals surface area contributed by atoms with E-state index in [-0.39, 0.29) is 11.9 Å². The third kappa shape index (κ3) is 3.85. The van der Waals surface area contributed by atoms with Crippen LogP contribution in [-0.2, 0) is 4.79 Å². The highest BCUT2D eigenvalue weighted by Crippen LogP contribution is 2.32.